The first kappa shape index (κ1) is 45.9. The second kappa shape index (κ2) is 17.6. The molecule has 5 aliphatic rings. The number of piperazine rings is 1. The van der Waals surface area contributed by atoms with E-state index in [0.29, 0.717) is 6.54 Å². The summed E-state index contributed by atoms with van der Waals surface area (Å²) in [7, 11) is 1.44. The number of Topliss-reactive ketones (excluding diaryl/α,β-unsaturated/α-hetero) is 2. The Hall–Kier alpha value is -6.59. The lowest BCUT2D eigenvalue weighted by atomic mass is 9.82. The molecule has 0 unspecified atom stereocenters. The van der Waals surface area contributed by atoms with Crippen LogP contribution in [-0.4, -0.2) is 144 Å². The van der Waals surface area contributed by atoms with E-state index < -0.39 is 114 Å². The molecule has 4 heterocycles. The SMILES string of the molecule is CO[C@@]12[C@H](COC(N)=O)C3=C(C(=O)C(C)=C(Nc4ccc(O[C@]5(C(=O)O)C[C@H](OC(C)=O)[C@@H](NC(C)=O)[C@H]([C@H](OC(C)=O)[C@@H](COC(C)=O)OC(C)=O)O5)cc4)C3=O)N1C[C@@H]1N[C@@H]12. The molecule has 0 radical (unpaired) electrons. The number of hydrogen-bond donors (Lipinski definition) is 5. The molecule has 0 saturated carbocycles. The zero-order chi connectivity index (χ0) is 46.3. The molecule has 6 rings (SSSR count). The fourth-order valence-electron chi connectivity index (χ4n) is 8.74. The molecular weight excluding hydrogens is 838 g/mol. The van der Waals surface area contributed by atoms with Gasteiger partial charge in [0.25, 0.3) is 0 Å². The summed E-state index contributed by atoms with van der Waals surface area (Å²) in [6.45, 7) is 5.93. The van der Waals surface area contributed by atoms with Gasteiger partial charge >= 0.3 is 41.7 Å². The van der Waals surface area contributed by atoms with E-state index in [1.807, 2.05) is 0 Å². The van der Waals surface area contributed by atoms with Crippen LogP contribution in [0.25, 0.3) is 0 Å². The van der Waals surface area contributed by atoms with Crippen molar-refractivity contribution < 1.29 is 86.2 Å². The number of primary amides is 1. The maximum absolute atomic E-state index is 14.4. The highest BCUT2D eigenvalue weighted by Gasteiger charge is 2.73. The number of anilines is 1. The van der Waals surface area contributed by atoms with Crippen molar-refractivity contribution in [2.24, 2.45) is 11.7 Å². The number of carbonyl (C=O) groups is 9. The van der Waals surface area contributed by atoms with Crippen molar-refractivity contribution in [3.8, 4) is 5.75 Å². The third kappa shape index (κ3) is 8.88. The van der Waals surface area contributed by atoms with Gasteiger partial charge in [-0.1, -0.05) is 0 Å². The number of ketones is 2. The molecule has 2 amide bonds. The highest BCUT2D eigenvalue weighted by Crippen LogP contribution is 2.56. The van der Waals surface area contributed by atoms with E-state index in [0.717, 1.165) is 34.6 Å². The van der Waals surface area contributed by atoms with Crippen LogP contribution in [0.4, 0.5) is 10.5 Å². The maximum atomic E-state index is 14.4. The standard InChI is InChI=1S/C40H47N5O18/c1-16-29(33(52)28-24(14-58-38(41)55)40(56-7)36-25(44-36)13-45(40)31(28)32(16)51)43-22-8-10-23(11-9-22)62-39(37(53)54)12-26(59-19(4)48)30(42-17(2)46)35(63-39)34(61-21(6)50)27(60-20(5)49)15-57-18(3)47/h8-11,24-27,30,34-36,43-44H,12-15H2,1-7H3,(H2,41,55)(H,42,46)(H,53,54)/t24-,25+,26+,27-,30-,34-,35-,36+,39-,40-/m1/s1. The molecule has 340 valence electrons. The summed E-state index contributed by atoms with van der Waals surface area (Å²) < 4.78 is 44.7. The minimum absolute atomic E-state index is 0.0147. The minimum atomic E-state index is -2.78. The van der Waals surface area contributed by atoms with E-state index in [4.69, 9.17) is 43.6 Å². The number of benzene rings is 1. The molecule has 6 N–H and O–H groups in total. The Kier molecular flexibility index (Phi) is 12.9. The summed E-state index contributed by atoms with van der Waals surface area (Å²) in [6, 6.07) is 3.62. The molecule has 23 nitrogen and oxygen atoms in total. The van der Waals surface area contributed by atoms with Crippen molar-refractivity contribution in [3.05, 3.63) is 46.8 Å². The number of carboxylic acid groups (broad SMARTS) is 1. The number of nitrogens with zero attached hydrogens (tertiary/aromatic N) is 1. The number of rotatable bonds is 16. The van der Waals surface area contributed by atoms with Crippen LogP contribution in [0.1, 0.15) is 48.0 Å². The van der Waals surface area contributed by atoms with Crippen molar-refractivity contribution in [1.82, 2.24) is 15.5 Å². The van der Waals surface area contributed by atoms with Crippen molar-refractivity contribution in [2.75, 3.05) is 32.2 Å². The van der Waals surface area contributed by atoms with Crippen molar-refractivity contribution in [1.29, 1.82) is 0 Å². The number of carbonyl (C=O) groups excluding carboxylic acids is 8. The molecule has 0 spiro atoms. The van der Waals surface area contributed by atoms with E-state index >= 15 is 0 Å². The van der Waals surface area contributed by atoms with Gasteiger partial charge in [0.15, 0.2) is 17.9 Å². The largest absolute Gasteiger partial charge is 0.476 e. The lowest BCUT2D eigenvalue weighted by Crippen LogP contribution is -2.70. The van der Waals surface area contributed by atoms with Crippen LogP contribution in [0.2, 0.25) is 0 Å². The first-order valence-electron chi connectivity index (χ1n) is 19.6. The average molecular weight is 886 g/mol. The smallest absolute Gasteiger partial charge is 0.404 e. The van der Waals surface area contributed by atoms with Gasteiger partial charge in [-0.05, 0) is 31.2 Å². The molecule has 3 fully saturated rings. The second-order valence-electron chi connectivity index (χ2n) is 15.4. The van der Waals surface area contributed by atoms with Gasteiger partial charge in [-0.25, -0.2) is 9.59 Å². The molecule has 63 heavy (non-hydrogen) atoms. The van der Waals surface area contributed by atoms with Gasteiger partial charge in [0, 0.05) is 71.1 Å². The Morgan fingerprint density at radius 2 is 1.62 bits per heavy atom. The molecule has 1 aromatic carbocycles. The Balaban J connectivity index is 1.31. The number of fused-ring (bicyclic) bond motifs is 4. The van der Waals surface area contributed by atoms with Gasteiger partial charge in [0.05, 0.1) is 35.8 Å². The van der Waals surface area contributed by atoms with Gasteiger partial charge in [-0.2, -0.15) is 0 Å². The lowest BCUT2D eigenvalue weighted by Gasteiger charge is -2.48. The molecule has 1 aliphatic carbocycles. The zero-order valence-corrected chi connectivity index (χ0v) is 35.2. The van der Waals surface area contributed by atoms with Crippen molar-refractivity contribution in [2.45, 2.75) is 102 Å². The summed E-state index contributed by atoms with van der Waals surface area (Å²) >= 11 is 0. The molecule has 23 heteroatoms. The molecule has 0 aromatic heterocycles. The van der Waals surface area contributed by atoms with Gasteiger partial charge in [-0.3, -0.25) is 33.6 Å². The number of hydrogen-bond acceptors (Lipinski definition) is 20. The lowest BCUT2D eigenvalue weighted by molar-refractivity contribution is -0.288. The molecule has 4 aliphatic heterocycles. The summed E-state index contributed by atoms with van der Waals surface area (Å²) in [5.74, 6) is -11.0. The fraction of sp³-hybridized carbons (Fsp3) is 0.525. The van der Waals surface area contributed by atoms with E-state index in [-0.39, 0.29) is 52.7 Å². The number of aliphatic carboxylic acids is 1. The number of nitrogens with one attached hydrogen (secondary N) is 3. The van der Waals surface area contributed by atoms with Crippen LogP contribution in [0.15, 0.2) is 46.8 Å². The fourth-order valence-corrected chi connectivity index (χ4v) is 8.74. The number of allylic oxidation sites excluding steroid dienone is 2. The Morgan fingerprint density at radius 3 is 2.17 bits per heavy atom. The predicted octanol–water partition coefficient (Wildman–Crippen LogP) is -0.686. The second-order valence-corrected chi connectivity index (χ2v) is 15.4. The first-order chi connectivity index (χ1) is 29.6. The number of ether oxygens (including phenoxy) is 8. The van der Waals surface area contributed by atoms with Gasteiger partial charge < -0.3 is 69.6 Å². The van der Waals surface area contributed by atoms with E-state index in [9.17, 15) is 48.3 Å². The predicted molar refractivity (Wildman–Crippen MR) is 207 cm³/mol. The van der Waals surface area contributed by atoms with Gasteiger partial charge in [-0.15, -0.1) is 0 Å². The quantitative estimate of drug-likeness (QED) is 0.0594. The third-order valence-corrected chi connectivity index (χ3v) is 11.2. The Labute approximate surface area is 358 Å². The van der Waals surface area contributed by atoms with E-state index in [1.54, 1.807) is 4.90 Å². The van der Waals surface area contributed by atoms with Crippen molar-refractivity contribution in [3.63, 3.8) is 0 Å². The van der Waals surface area contributed by atoms with Crippen molar-refractivity contribution >= 4 is 59.1 Å². The summed E-state index contributed by atoms with van der Waals surface area (Å²) in [5, 5.41) is 19.5. The normalized spacial score (nSPS) is 29.0. The molecule has 1 aromatic rings. The molecule has 10 atom stereocenters. The monoisotopic (exact) mass is 885 g/mol. The topological polar surface area (TPSA) is 323 Å². The van der Waals surface area contributed by atoms with Crippen LogP contribution < -0.4 is 26.4 Å². The first-order valence-corrected chi connectivity index (χ1v) is 19.6. The molecular formula is C40H47N5O18. The van der Waals surface area contributed by atoms with Crippen LogP contribution in [0, 0.1) is 5.92 Å². The summed E-state index contributed by atoms with van der Waals surface area (Å²) in [4.78, 5) is 117. The Morgan fingerprint density at radius 1 is 0.952 bits per heavy atom. The summed E-state index contributed by atoms with van der Waals surface area (Å²) in [6.07, 6.45) is -8.71. The van der Waals surface area contributed by atoms with E-state index in [2.05, 4.69) is 16.0 Å². The van der Waals surface area contributed by atoms with Crippen LogP contribution in [0.3, 0.4) is 0 Å². The number of carboxylic acids is 1. The summed E-state index contributed by atoms with van der Waals surface area (Å²) in [5.41, 5.74) is 4.52. The highest BCUT2D eigenvalue weighted by molar-refractivity contribution is 6.26. The zero-order valence-electron chi connectivity index (χ0n) is 35.2. The highest BCUT2D eigenvalue weighted by atomic mass is 16.7. The third-order valence-electron chi connectivity index (χ3n) is 11.2. The van der Waals surface area contributed by atoms with Gasteiger partial charge in [0.1, 0.15) is 31.2 Å². The van der Waals surface area contributed by atoms with E-state index in [1.165, 1.54) is 38.3 Å². The number of amides is 2. The average Bonchev–Trinajstić information content (AvgIpc) is 3.81. The maximum Gasteiger partial charge on any atom is 0.404 e. The Bertz CT molecular complexity index is 2190. The molecule has 0 bridgehead atoms. The number of esters is 4. The van der Waals surface area contributed by atoms with Gasteiger partial charge in [0.2, 0.25) is 17.5 Å². The minimum Gasteiger partial charge on any atom is -0.476 e. The number of methoxy groups -OCH3 is 1. The van der Waals surface area contributed by atoms with Crippen LogP contribution in [0.5, 0.6) is 5.75 Å². The van der Waals surface area contributed by atoms with Crippen LogP contribution >= 0.6 is 0 Å². The van der Waals surface area contributed by atoms with Crippen LogP contribution in [-0.2, 0) is 71.5 Å². The number of nitrogens with two attached hydrogens (primary N) is 1. The molecule has 3 saturated heterocycles.